The van der Waals surface area contributed by atoms with Crippen LogP contribution in [0.25, 0.3) is 5.69 Å². The number of amides is 3. The van der Waals surface area contributed by atoms with E-state index < -0.39 is 6.03 Å². The minimum Gasteiger partial charge on any atom is -0.338 e. The molecule has 8 heteroatoms. The highest BCUT2D eigenvalue weighted by molar-refractivity contribution is 7.99. The van der Waals surface area contributed by atoms with Gasteiger partial charge in [0, 0.05) is 12.2 Å². The molecule has 0 saturated carbocycles. The third-order valence-electron chi connectivity index (χ3n) is 3.46. The molecule has 0 atom stereocenters. The molecule has 7 nitrogen and oxygen atoms in total. The first-order valence-corrected chi connectivity index (χ1v) is 9.19. The molecule has 134 valence electrons. The van der Waals surface area contributed by atoms with Crippen LogP contribution in [0.3, 0.4) is 0 Å². The second-order valence-electron chi connectivity index (χ2n) is 5.65. The van der Waals surface area contributed by atoms with E-state index in [9.17, 15) is 9.59 Å². The van der Waals surface area contributed by atoms with E-state index in [0.29, 0.717) is 11.7 Å². The molecule has 1 aromatic carbocycles. The van der Waals surface area contributed by atoms with Gasteiger partial charge in [-0.25, -0.2) is 4.79 Å². The summed E-state index contributed by atoms with van der Waals surface area (Å²) >= 11 is 1.24. The number of unbranched alkanes of at least 4 members (excludes halogenated alkanes) is 1. The van der Waals surface area contributed by atoms with Gasteiger partial charge in [-0.1, -0.05) is 37.2 Å². The molecule has 1 aromatic heterocycles. The molecule has 1 heterocycles. The number of carbonyl (C=O) groups excluding carboxylic acids is 2. The average molecular weight is 361 g/mol. The van der Waals surface area contributed by atoms with Gasteiger partial charge in [-0.2, -0.15) is 0 Å². The maximum atomic E-state index is 11.9. The van der Waals surface area contributed by atoms with E-state index in [-0.39, 0.29) is 11.7 Å². The summed E-state index contributed by atoms with van der Waals surface area (Å²) in [6.07, 6.45) is 1.87. The minimum absolute atomic E-state index is 0.0884. The van der Waals surface area contributed by atoms with E-state index in [2.05, 4.69) is 20.8 Å². The van der Waals surface area contributed by atoms with Crippen LogP contribution in [-0.4, -0.2) is 39.0 Å². The Balaban J connectivity index is 1.95. The number of thioether (sulfide) groups is 1. The van der Waals surface area contributed by atoms with E-state index in [0.717, 1.165) is 29.9 Å². The Hall–Kier alpha value is -2.35. The molecule has 0 saturated heterocycles. The Morgan fingerprint density at radius 1 is 1.24 bits per heavy atom. The number of nitrogens with one attached hydrogen (secondary N) is 2. The zero-order valence-corrected chi connectivity index (χ0v) is 15.5. The molecular formula is C17H23N5O2S. The molecule has 0 unspecified atom stereocenters. The lowest BCUT2D eigenvalue weighted by Crippen LogP contribution is -2.40. The van der Waals surface area contributed by atoms with Crippen molar-refractivity contribution < 1.29 is 9.59 Å². The van der Waals surface area contributed by atoms with E-state index >= 15 is 0 Å². The van der Waals surface area contributed by atoms with Crippen molar-refractivity contribution in [2.75, 3.05) is 12.3 Å². The molecule has 25 heavy (non-hydrogen) atoms. The van der Waals surface area contributed by atoms with Crippen LogP contribution in [0, 0.1) is 13.8 Å². The van der Waals surface area contributed by atoms with Crippen LogP contribution in [0.2, 0.25) is 0 Å². The minimum atomic E-state index is -0.463. The summed E-state index contributed by atoms with van der Waals surface area (Å²) in [4.78, 5) is 23.5. The molecule has 0 aliphatic heterocycles. The number of rotatable bonds is 7. The van der Waals surface area contributed by atoms with Crippen LogP contribution in [0.5, 0.6) is 0 Å². The fraction of sp³-hybridized carbons (Fsp3) is 0.412. The van der Waals surface area contributed by atoms with Gasteiger partial charge in [0.1, 0.15) is 5.82 Å². The number of aromatic nitrogens is 3. The maximum Gasteiger partial charge on any atom is 0.321 e. The third kappa shape index (κ3) is 5.60. The van der Waals surface area contributed by atoms with Crippen LogP contribution in [0.15, 0.2) is 29.4 Å². The summed E-state index contributed by atoms with van der Waals surface area (Å²) in [6, 6.07) is 7.51. The van der Waals surface area contributed by atoms with Crippen molar-refractivity contribution in [1.82, 2.24) is 25.4 Å². The number of hydrogen-bond acceptors (Lipinski definition) is 5. The van der Waals surface area contributed by atoms with E-state index in [1.165, 1.54) is 11.8 Å². The van der Waals surface area contributed by atoms with Crippen LogP contribution >= 0.6 is 11.8 Å². The van der Waals surface area contributed by atoms with Crippen molar-refractivity contribution in [3.8, 4) is 5.69 Å². The van der Waals surface area contributed by atoms with Gasteiger partial charge in [-0.05, 0) is 38.0 Å². The van der Waals surface area contributed by atoms with Crippen molar-refractivity contribution in [3.05, 3.63) is 35.7 Å². The molecule has 2 aromatic rings. The predicted molar refractivity (Wildman–Crippen MR) is 98.0 cm³/mol. The van der Waals surface area contributed by atoms with E-state index in [1.807, 2.05) is 49.6 Å². The second-order valence-corrected chi connectivity index (χ2v) is 6.59. The van der Waals surface area contributed by atoms with Gasteiger partial charge < -0.3 is 5.32 Å². The molecule has 2 rings (SSSR count). The van der Waals surface area contributed by atoms with E-state index in [1.54, 1.807) is 0 Å². The summed E-state index contributed by atoms with van der Waals surface area (Å²) in [7, 11) is 0. The fourth-order valence-corrected chi connectivity index (χ4v) is 3.01. The predicted octanol–water partition coefficient (Wildman–Crippen LogP) is 2.60. The van der Waals surface area contributed by atoms with Gasteiger partial charge >= 0.3 is 6.03 Å². The van der Waals surface area contributed by atoms with Crippen molar-refractivity contribution in [1.29, 1.82) is 0 Å². The fourth-order valence-electron chi connectivity index (χ4n) is 2.22. The second kappa shape index (κ2) is 9.22. The summed E-state index contributed by atoms with van der Waals surface area (Å²) < 4.78 is 1.90. The zero-order valence-electron chi connectivity index (χ0n) is 14.7. The molecule has 0 radical (unpaired) electrons. The van der Waals surface area contributed by atoms with Gasteiger partial charge in [0.15, 0.2) is 5.16 Å². The Morgan fingerprint density at radius 3 is 2.76 bits per heavy atom. The van der Waals surface area contributed by atoms with Gasteiger partial charge in [0.05, 0.1) is 5.75 Å². The first kappa shape index (κ1) is 19.0. The number of nitrogens with zero attached hydrogens (tertiary/aromatic N) is 3. The highest BCUT2D eigenvalue weighted by Gasteiger charge is 2.14. The summed E-state index contributed by atoms with van der Waals surface area (Å²) in [5.41, 5.74) is 2.07. The molecular weight excluding hydrogens is 338 g/mol. The number of hydrogen-bond donors (Lipinski definition) is 2. The molecule has 0 bridgehead atoms. The Bertz CT molecular complexity index is 744. The standard InChI is InChI=1S/C17H23N5O2S/c1-4-5-9-18-16(24)19-15(23)11-25-17-21-20-13(3)22(17)14-8-6-7-12(2)10-14/h6-8,10H,4-5,9,11H2,1-3H3,(H2,18,19,23,24). The van der Waals surface area contributed by atoms with E-state index in [4.69, 9.17) is 0 Å². The normalized spacial score (nSPS) is 10.5. The zero-order chi connectivity index (χ0) is 18.2. The first-order valence-electron chi connectivity index (χ1n) is 8.20. The number of benzene rings is 1. The maximum absolute atomic E-state index is 11.9. The number of urea groups is 1. The van der Waals surface area contributed by atoms with Crippen molar-refractivity contribution in [3.63, 3.8) is 0 Å². The van der Waals surface area contributed by atoms with Crippen LogP contribution in [0.4, 0.5) is 4.79 Å². The summed E-state index contributed by atoms with van der Waals surface area (Å²) in [6.45, 7) is 6.47. The average Bonchev–Trinajstić information content (AvgIpc) is 2.94. The smallest absolute Gasteiger partial charge is 0.321 e. The van der Waals surface area contributed by atoms with Crippen molar-refractivity contribution in [2.45, 2.75) is 38.8 Å². The monoisotopic (exact) mass is 361 g/mol. The Kier molecular flexibility index (Phi) is 7.00. The van der Waals surface area contributed by atoms with Gasteiger partial charge in [-0.15, -0.1) is 10.2 Å². The molecule has 2 N–H and O–H groups in total. The highest BCUT2D eigenvalue weighted by atomic mass is 32.2. The van der Waals surface area contributed by atoms with Gasteiger partial charge in [0.25, 0.3) is 0 Å². The Morgan fingerprint density at radius 2 is 2.04 bits per heavy atom. The lowest BCUT2D eigenvalue weighted by atomic mass is 10.2. The van der Waals surface area contributed by atoms with Gasteiger partial charge in [0.2, 0.25) is 5.91 Å². The number of imide groups is 1. The summed E-state index contributed by atoms with van der Waals surface area (Å²) in [5, 5.41) is 13.8. The number of aryl methyl sites for hydroxylation is 2. The SMILES string of the molecule is CCCCNC(=O)NC(=O)CSc1nnc(C)n1-c1cccc(C)c1. The largest absolute Gasteiger partial charge is 0.338 e. The molecule has 0 aliphatic rings. The molecule has 0 fully saturated rings. The van der Waals surface area contributed by atoms with Crippen molar-refractivity contribution in [2.24, 2.45) is 0 Å². The lowest BCUT2D eigenvalue weighted by Gasteiger charge is -2.09. The molecule has 0 spiro atoms. The van der Waals surface area contributed by atoms with Crippen LogP contribution < -0.4 is 10.6 Å². The number of carbonyl (C=O) groups is 2. The quantitative estimate of drug-likeness (QED) is 0.584. The Labute approximate surface area is 151 Å². The first-order chi connectivity index (χ1) is 12.0. The van der Waals surface area contributed by atoms with Crippen molar-refractivity contribution >= 4 is 23.7 Å². The van der Waals surface area contributed by atoms with Crippen LogP contribution in [-0.2, 0) is 4.79 Å². The topological polar surface area (TPSA) is 88.9 Å². The molecule has 3 amide bonds. The summed E-state index contributed by atoms with van der Waals surface area (Å²) in [5.74, 6) is 0.465. The lowest BCUT2D eigenvalue weighted by molar-refractivity contribution is -0.117. The molecule has 0 aliphatic carbocycles. The van der Waals surface area contributed by atoms with Gasteiger partial charge in [-0.3, -0.25) is 14.7 Å². The third-order valence-corrected chi connectivity index (χ3v) is 4.39. The van der Waals surface area contributed by atoms with Crippen LogP contribution in [0.1, 0.15) is 31.2 Å². The highest BCUT2D eigenvalue weighted by Crippen LogP contribution is 2.22.